The number of hydrogen-bond donors (Lipinski definition) is 2. The molecule has 0 fully saturated rings. The highest BCUT2D eigenvalue weighted by molar-refractivity contribution is 5.89. The molecule has 2 N–H and O–H groups in total. The normalized spacial score (nSPS) is 10.5. The van der Waals surface area contributed by atoms with Crippen molar-refractivity contribution in [1.82, 2.24) is 10.3 Å². The summed E-state index contributed by atoms with van der Waals surface area (Å²) in [5.41, 5.74) is 1.65. The maximum absolute atomic E-state index is 13.1. The second-order valence-electron chi connectivity index (χ2n) is 5.63. The van der Waals surface area contributed by atoms with Gasteiger partial charge in [0.25, 0.3) is 0 Å². The van der Waals surface area contributed by atoms with Crippen LogP contribution in [0.25, 0.3) is 11.5 Å². The molecule has 0 spiro atoms. The van der Waals surface area contributed by atoms with Crippen LogP contribution in [0, 0.1) is 11.6 Å². The van der Waals surface area contributed by atoms with Crippen molar-refractivity contribution >= 4 is 11.7 Å². The fourth-order valence-corrected chi connectivity index (χ4v) is 2.34. The number of ether oxygens (including phenoxy) is 1. The number of oxazole rings is 1. The van der Waals surface area contributed by atoms with E-state index < -0.39 is 17.7 Å². The smallest absolute Gasteiger partial charge is 0.319 e. The van der Waals surface area contributed by atoms with Crippen LogP contribution in [-0.4, -0.2) is 24.7 Å². The zero-order chi connectivity index (χ0) is 19.2. The lowest BCUT2D eigenvalue weighted by molar-refractivity contribution is 0.252. The van der Waals surface area contributed by atoms with E-state index in [0.29, 0.717) is 24.6 Å². The minimum absolute atomic E-state index is 0.162. The van der Waals surface area contributed by atoms with Gasteiger partial charge in [0.2, 0.25) is 5.89 Å². The number of benzene rings is 2. The third-order valence-corrected chi connectivity index (χ3v) is 3.73. The molecule has 27 heavy (non-hydrogen) atoms. The highest BCUT2D eigenvalue weighted by Crippen LogP contribution is 2.21. The second kappa shape index (κ2) is 8.31. The monoisotopic (exact) mass is 373 g/mol. The van der Waals surface area contributed by atoms with Gasteiger partial charge in [-0.25, -0.2) is 18.6 Å². The maximum atomic E-state index is 13.1. The van der Waals surface area contributed by atoms with Gasteiger partial charge in [-0.15, -0.1) is 0 Å². The summed E-state index contributed by atoms with van der Waals surface area (Å²) in [4.78, 5) is 16.2. The molecule has 0 unspecified atom stereocenters. The van der Waals surface area contributed by atoms with E-state index in [1.807, 2.05) is 24.3 Å². The average molecular weight is 373 g/mol. The molecule has 0 bridgehead atoms. The van der Waals surface area contributed by atoms with E-state index in [1.54, 1.807) is 7.11 Å². The van der Waals surface area contributed by atoms with E-state index in [1.165, 1.54) is 12.3 Å². The van der Waals surface area contributed by atoms with Gasteiger partial charge in [0.1, 0.15) is 12.0 Å². The molecule has 0 aliphatic carbocycles. The van der Waals surface area contributed by atoms with E-state index in [2.05, 4.69) is 15.6 Å². The summed E-state index contributed by atoms with van der Waals surface area (Å²) in [6.07, 6.45) is 1.97. The summed E-state index contributed by atoms with van der Waals surface area (Å²) < 4.78 is 36.5. The van der Waals surface area contributed by atoms with Crippen molar-refractivity contribution in [2.45, 2.75) is 6.42 Å². The van der Waals surface area contributed by atoms with E-state index in [-0.39, 0.29) is 5.69 Å². The van der Waals surface area contributed by atoms with Crippen molar-refractivity contribution in [3.05, 3.63) is 66.1 Å². The first-order valence-corrected chi connectivity index (χ1v) is 8.14. The molecule has 0 saturated heterocycles. The number of halogens is 2. The van der Waals surface area contributed by atoms with Crippen molar-refractivity contribution < 1.29 is 22.7 Å². The van der Waals surface area contributed by atoms with Gasteiger partial charge >= 0.3 is 6.03 Å². The number of rotatable bonds is 6. The van der Waals surface area contributed by atoms with Gasteiger partial charge in [-0.1, -0.05) is 0 Å². The molecule has 6 nitrogen and oxygen atoms in total. The lowest BCUT2D eigenvalue weighted by atomic mass is 10.2. The Balaban J connectivity index is 1.49. The quantitative estimate of drug-likeness (QED) is 0.685. The molecule has 1 heterocycles. The Labute approximate surface area is 154 Å². The fourth-order valence-electron chi connectivity index (χ4n) is 2.34. The number of aromatic nitrogens is 1. The predicted molar refractivity (Wildman–Crippen MR) is 95.6 cm³/mol. The van der Waals surface area contributed by atoms with Crippen LogP contribution in [-0.2, 0) is 6.42 Å². The predicted octanol–water partition coefficient (Wildman–Crippen LogP) is 3.99. The van der Waals surface area contributed by atoms with E-state index >= 15 is 0 Å². The largest absolute Gasteiger partial charge is 0.497 e. The van der Waals surface area contributed by atoms with E-state index in [4.69, 9.17) is 9.15 Å². The number of amides is 2. The summed E-state index contributed by atoms with van der Waals surface area (Å²) in [7, 11) is 1.59. The molecule has 0 radical (unpaired) electrons. The first-order valence-electron chi connectivity index (χ1n) is 8.14. The molecule has 8 heteroatoms. The van der Waals surface area contributed by atoms with Gasteiger partial charge < -0.3 is 19.8 Å². The third-order valence-electron chi connectivity index (χ3n) is 3.73. The Morgan fingerprint density at radius 2 is 1.93 bits per heavy atom. The van der Waals surface area contributed by atoms with Crippen LogP contribution in [0.2, 0.25) is 0 Å². The maximum Gasteiger partial charge on any atom is 0.319 e. The molecule has 3 aromatic rings. The average Bonchev–Trinajstić information content (AvgIpc) is 3.14. The SMILES string of the molecule is COc1ccc(-c2nc(CCNC(=O)Nc3ccc(F)c(F)c3)co2)cc1. The van der Waals surface area contributed by atoms with Crippen LogP contribution >= 0.6 is 0 Å². The van der Waals surface area contributed by atoms with Crippen molar-refractivity contribution in [2.24, 2.45) is 0 Å². The van der Waals surface area contributed by atoms with Crippen molar-refractivity contribution in [1.29, 1.82) is 0 Å². The van der Waals surface area contributed by atoms with Gasteiger partial charge in [0.15, 0.2) is 11.6 Å². The van der Waals surface area contributed by atoms with Gasteiger partial charge in [-0.3, -0.25) is 0 Å². The van der Waals surface area contributed by atoms with Crippen LogP contribution in [0.15, 0.2) is 53.1 Å². The minimum atomic E-state index is -1.03. The minimum Gasteiger partial charge on any atom is -0.497 e. The Morgan fingerprint density at radius 1 is 1.15 bits per heavy atom. The Morgan fingerprint density at radius 3 is 2.63 bits per heavy atom. The summed E-state index contributed by atoms with van der Waals surface area (Å²) in [5, 5.41) is 5.04. The summed E-state index contributed by atoms with van der Waals surface area (Å²) in [6.45, 7) is 0.296. The zero-order valence-electron chi connectivity index (χ0n) is 14.5. The summed E-state index contributed by atoms with van der Waals surface area (Å²) in [6, 6.07) is 9.89. The summed E-state index contributed by atoms with van der Waals surface area (Å²) >= 11 is 0. The third kappa shape index (κ3) is 4.81. The first-order chi connectivity index (χ1) is 13.0. The number of carbonyl (C=O) groups is 1. The highest BCUT2D eigenvalue weighted by atomic mass is 19.2. The van der Waals surface area contributed by atoms with E-state index in [0.717, 1.165) is 23.4 Å². The van der Waals surface area contributed by atoms with Gasteiger partial charge in [-0.05, 0) is 36.4 Å². The Bertz CT molecular complexity index is 926. The van der Waals surface area contributed by atoms with E-state index in [9.17, 15) is 13.6 Å². The summed E-state index contributed by atoms with van der Waals surface area (Å²) in [5.74, 6) is -0.790. The number of methoxy groups -OCH3 is 1. The van der Waals surface area contributed by atoms with Gasteiger partial charge in [-0.2, -0.15) is 0 Å². The highest BCUT2D eigenvalue weighted by Gasteiger charge is 2.09. The number of carbonyl (C=O) groups excluding carboxylic acids is 1. The second-order valence-corrected chi connectivity index (χ2v) is 5.63. The first kappa shape index (κ1) is 18.4. The molecule has 2 amide bonds. The van der Waals surface area contributed by atoms with Crippen LogP contribution in [0.4, 0.5) is 19.3 Å². The van der Waals surface area contributed by atoms with Gasteiger partial charge in [0, 0.05) is 30.3 Å². The molecule has 1 aromatic heterocycles. The molecule has 0 aliphatic heterocycles. The standard InChI is InChI=1S/C19H17F2N3O3/c1-26-15-5-2-12(3-6-15)18-23-14(11-27-18)8-9-22-19(25)24-13-4-7-16(20)17(21)10-13/h2-7,10-11H,8-9H2,1H3,(H2,22,24,25). The van der Waals surface area contributed by atoms with Crippen molar-refractivity contribution in [3.63, 3.8) is 0 Å². The lowest BCUT2D eigenvalue weighted by Crippen LogP contribution is -2.30. The molecule has 3 rings (SSSR count). The fraction of sp³-hybridized carbons (Fsp3) is 0.158. The topological polar surface area (TPSA) is 76.4 Å². The molecule has 0 atom stereocenters. The molecular weight excluding hydrogens is 356 g/mol. The molecular formula is C19H17F2N3O3. The van der Waals surface area contributed by atoms with Crippen LogP contribution in [0.5, 0.6) is 5.75 Å². The number of hydrogen-bond acceptors (Lipinski definition) is 4. The molecule has 0 saturated carbocycles. The number of urea groups is 1. The molecule has 140 valence electrons. The zero-order valence-corrected chi connectivity index (χ0v) is 14.5. The van der Waals surface area contributed by atoms with Crippen LogP contribution < -0.4 is 15.4 Å². The number of nitrogens with one attached hydrogen (secondary N) is 2. The van der Waals surface area contributed by atoms with Crippen LogP contribution in [0.1, 0.15) is 5.69 Å². The van der Waals surface area contributed by atoms with Gasteiger partial charge in [0.05, 0.1) is 12.8 Å². The molecule has 0 aliphatic rings. The molecule has 2 aromatic carbocycles. The van der Waals surface area contributed by atoms with Crippen molar-refractivity contribution in [3.8, 4) is 17.2 Å². The number of nitrogens with zero attached hydrogens (tertiary/aromatic N) is 1. The Kier molecular flexibility index (Phi) is 5.65. The lowest BCUT2D eigenvalue weighted by Gasteiger charge is -2.07. The van der Waals surface area contributed by atoms with Crippen LogP contribution in [0.3, 0.4) is 0 Å². The Hall–Kier alpha value is -3.42. The van der Waals surface area contributed by atoms with Crippen molar-refractivity contribution in [2.75, 3.05) is 19.0 Å². The number of anilines is 1.